The van der Waals surface area contributed by atoms with Crippen LogP contribution in [-0.2, 0) is 4.79 Å². The Morgan fingerprint density at radius 1 is 1.17 bits per heavy atom. The van der Waals surface area contributed by atoms with Gasteiger partial charge in [0.1, 0.15) is 18.0 Å². The van der Waals surface area contributed by atoms with Crippen LogP contribution in [0.2, 0.25) is 0 Å². The summed E-state index contributed by atoms with van der Waals surface area (Å²) in [6, 6.07) is 13.4. The first kappa shape index (κ1) is 13.6. The average molecular weight is 305 g/mol. The van der Waals surface area contributed by atoms with E-state index in [-0.39, 0.29) is 5.91 Å². The van der Waals surface area contributed by atoms with Gasteiger partial charge in [0.2, 0.25) is 0 Å². The van der Waals surface area contributed by atoms with E-state index in [0.717, 1.165) is 22.8 Å². The molecule has 0 radical (unpaired) electrons. The number of amides is 1. The van der Waals surface area contributed by atoms with Crippen LogP contribution < -0.4 is 9.64 Å². The molecule has 0 bridgehead atoms. The number of rotatable bonds is 2. The SMILES string of the molecule is O=C(/C=C/c1cnc2ccccn12)N1CCOc2ccccc21. The average Bonchev–Trinajstić information content (AvgIpc) is 3.02. The summed E-state index contributed by atoms with van der Waals surface area (Å²) in [5.41, 5.74) is 2.54. The Labute approximate surface area is 133 Å². The normalized spacial score (nSPS) is 14.0. The zero-order valence-electron chi connectivity index (χ0n) is 12.4. The minimum atomic E-state index is -0.0633. The zero-order chi connectivity index (χ0) is 15.6. The van der Waals surface area contributed by atoms with E-state index in [4.69, 9.17) is 4.74 Å². The Kier molecular flexibility index (Phi) is 3.31. The van der Waals surface area contributed by atoms with Crippen LogP contribution in [0.15, 0.2) is 60.9 Å². The third-order valence-electron chi connectivity index (χ3n) is 3.84. The minimum Gasteiger partial charge on any atom is -0.490 e. The summed E-state index contributed by atoms with van der Waals surface area (Å²) in [4.78, 5) is 18.6. The number of carbonyl (C=O) groups is 1. The fraction of sp³-hybridized carbons (Fsp3) is 0.111. The molecule has 3 aromatic rings. The maximum Gasteiger partial charge on any atom is 0.251 e. The van der Waals surface area contributed by atoms with Crippen LogP contribution in [0.1, 0.15) is 5.69 Å². The molecule has 0 saturated carbocycles. The monoisotopic (exact) mass is 305 g/mol. The van der Waals surface area contributed by atoms with E-state index in [1.54, 1.807) is 23.2 Å². The van der Waals surface area contributed by atoms with Crippen molar-refractivity contribution in [3.8, 4) is 5.75 Å². The van der Waals surface area contributed by atoms with Crippen molar-refractivity contribution in [2.24, 2.45) is 0 Å². The minimum absolute atomic E-state index is 0.0633. The lowest BCUT2D eigenvalue weighted by Crippen LogP contribution is -2.36. The van der Waals surface area contributed by atoms with E-state index in [9.17, 15) is 4.79 Å². The number of nitrogens with zero attached hydrogens (tertiary/aromatic N) is 3. The Morgan fingerprint density at radius 3 is 3.00 bits per heavy atom. The van der Waals surface area contributed by atoms with Crippen LogP contribution >= 0.6 is 0 Å². The highest BCUT2D eigenvalue weighted by Gasteiger charge is 2.21. The van der Waals surface area contributed by atoms with Gasteiger partial charge in [0.05, 0.1) is 24.1 Å². The molecule has 0 atom stereocenters. The number of aromatic nitrogens is 2. The van der Waals surface area contributed by atoms with Crippen LogP contribution in [0.4, 0.5) is 5.69 Å². The number of pyridine rings is 1. The number of hydrogen-bond acceptors (Lipinski definition) is 3. The predicted octanol–water partition coefficient (Wildman–Crippen LogP) is 2.77. The topological polar surface area (TPSA) is 46.8 Å². The summed E-state index contributed by atoms with van der Waals surface area (Å²) in [6.07, 6.45) is 7.06. The van der Waals surface area contributed by atoms with Crippen molar-refractivity contribution in [2.45, 2.75) is 0 Å². The fourth-order valence-electron chi connectivity index (χ4n) is 2.72. The van der Waals surface area contributed by atoms with Crippen LogP contribution in [0.5, 0.6) is 5.75 Å². The van der Waals surface area contributed by atoms with Crippen molar-refractivity contribution in [3.63, 3.8) is 0 Å². The van der Waals surface area contributed by atoms with E-state index in [0.29, 0.717) is 13.2 Å². The molecular formula is C18H15N3O2. The van der Waals surface area contributed by atoms with Gasteiger partial charge in [0.25, 0.3) is 5.91 Å². The second-order valence-corrected chi connectivity index (χ2v) is 5.25. The summed E-state index contributed by atoms with van der Waals surface area (Å²) >= 11 is 0. The third kappa shape index (κ3) is 2.46. The van der Waals surface area contributed by atoms with Gasteiger partial charge >= 0.3 is 0 Å². The number of hydrogen-bond donors (Lipinski definition) is 0. The molecule has 0 N–H and O–H groups in total. The number of anilines is 1. The van der Waals surface area contributed by atoms with Crippen LogP contribution in [0, 0.1) is 0 Å². The molecule has 0 fully saturated rings. The smallest absolute Gasteiger partial charge is 0.251 e. The Morgan fingerprint density at radius 2 is 2.04 bits per heavy atom. The Bertz CT molecular complexity index is 898. The molecule has 1 amide bonds. The molecule has 5 nitrogen and oxygen atoms in total. The molecule has 0 aliphatic carbocycles. The van der Waals surface area contributed by atoms with Gasteiger partial charge in [-0.05, 0) is 30.3 Å². The molecule has 1 aromatic carbocycles. The lowest BCUT2D eigenvalue weighted by atomic mass is 10.2. The van der Waals surface area contributed by atoms with Gasteiger partial charge in [-0.1, -0.05) is 18.2 Å². The van der Waals surface area contributed by atoms with Gasteiger partial charge < -0.3 is 14.0 Å². The number of benzene rings is 1. The van der Waals surface area contributed by atoms with E-state index in [1.165, 1.54) is 0 Å². The van der Waals surface area contributed by atoms with E-state index in [2.05, 4.69) is 4.98 Å². The second-order valence-electron chi connectivity index (χ2n) is 5.25. The van der Waals surface area contributed by atoms with Gasteiger partial charge in [-0.2, -0.15) is 0 Å². The second kappa shape index (κ2) is 5.61. The van der Waals surface area contributed by atoms with Crippen molar-refractivity contribution >= 4 is 23.3 Å². The van der Waals surface area contributed by atoms with Crippen molar-refractivity contribution in [1.29, 1.82) is 0 Å². The molecule has 1 aliphatic rings. The summed E-state index contributed by atoms with van der Waals surface area (Å²) < 4.78 is 7.52. The predicted molar refractivity (Wildman–Crippen MR) is 88.5 cm³/mol. The summed E-state index contributed by atoms with van der Waals surface area (Å²) in [6.45, 7) is 1.06. The van der Waals surface area contributed by atoms with E-state index >= 15 is 0 Å². The maximum atomic E-state index is 12.5. The zero-order valence-corrected chi connectivity index (χ0v) is 12.4. The van der Waals surface area contributed by atoms with Gasteiger partial charge in [0, 0.05) is 12.3 Å². The van der Waals surface area contributed by atoms with Gasteiger partial charge in [0.15, 0.2) is 0 Å². The van der Waals surface area contributed by atoms with Gasteiger partial charge in [-0.3, -0.25) is 4.79 Å². The molecule has 5 heteroatoms. The molecule has 3 heterocycles. The maximum absolute atomic E-state index is 12.5. The largest absolute Gasteiger partial charge is 0.490 e. The van der Waals surface area contributed by atoms with Gasteiger partial charge in [-0.15, -0.1) is 0 Å². The summed E-state index contributed by atoms with van der Waals surface area (Å²) in [5.74, 6) is 0.682. The van der Waals surface area contributed by atoms with Gasteiger partial charge in [-0.25, -0.2) is 4.98 Å². The highest BCUT2D eigenvalue weighted by Crippen LogP contribution is 2.31. The van der Waals surface area contributed by atoms with Crippen molar-refractivity contribution in [2.75, 3.05) is 18.1 Å². The molecule has 0 unspecified atom stereocenters. The Balaban J connectivity index is 1.61. The number of para-hydroxylation sites is 2. The quantitative estimate of drug-likeness (QED) is 0.684. The highest BCUT2D eigenvalue weighted by atomic mass is 16.5. The van der Waals surface area contributed by atoms with Crippen LogP contribution in [0.3, 0.4) is 0 Å². The third-order valence-corrected chi connectivity index (χ3v) is 3.84. The van der Waals surface area contributed by atoms with Crippen molar-refractivity contribution < 1.29 is 9.53 Å². The molecule has 114 valence electrons. The first-order chi connectivity index (χ1) is 11.3. The fourth-order valence-corrected chi connectivity index (χ4v) is 2.72. The first-order valence-corrected chi connectivity index (χ1v) is 7.46. The first-order valence-electron chi connectivity index (χ1n) is 7.46. The number of ether oxygens (including phenoxy) is 1. The lowest BCUT2D eigenvalue weighted by molar-refractivity contribution is -0.114. The highest BCUT2D eigenvalue weighted by molar-refractivity contribution is 6.04. The van der Waals surface area contributed by atoms with E-state index < -0.39 is 0 Å². The number of carbonyl (C=O) groups excluding carboxylic acids is 1. The molecule has 4 rings (SSSR count). The molecule has 23 heavy (non-hydrogen) atoms. The lowest BCUT2D eigenvalue weighted by Gasteiger charge is -2.28. The molecule has 0 saturated heterocycles. The van der Waals surface area contributed by atoms with Crippen LogP contribution in [0.25, 0.3) is 11.7 Å². The van der Waals surface area contributed by atoms with Crippen LogP contribution in [-0.4, -0.2) is 28.4 Å². The molecular weight excluding hydrogens is 290 g/mol. The molecule has 0 spiro atoms. The molecule has 1 aliphatic heterocycles. The molecule has 2 aromatic heterocycles. The summed E-state index contributed by atoms with van der Waals surface area (Å²) in [7, 11) is 0. The van der Waals surface area contributed by atoms with Crippen molar-refractivity contribution in [3.05, 3.63) is 66.6 Å². The van der Waals surface area contributed by atoms with E-state index in [1.807, 2.05) is 53.1 Å². The number of fused-ring (bicyclic) bond motifs is 2. The standard InChI is InChI=1S/C18H15N3O2/c22-18(21-11-12-23-16-6-2-1-5-15(16)21)9-8-14-13-19-17-7-3-4-10-20(14)17/h1-10,13H,11-12H2/b9-8+. The van der Waals surface area contributed by atoms with Crippen molar-refractivity contribution in [1.82, 2.24) is 9.38 Å². The summed E-state index contributed by atoms with van der Waals surface area (Å²) in [5, 5.41) is 0. The Hall–Kier alpha value is -3.08. The number of imidazole rings is 1.